The third-order valence-corrected chi connectivity index (χ3v) is 5.64. The molecule has 1 fully saturated rings. The lowest BCUT2D eigenvalue weighted by atomic mass is 9.84. The van der Waals surface area contributed by atoms with E-state index in [2.05, 4.69) is 10.6 Å². The van der Waals surface area contributed by atoms with Crippen molar-refractivity contribution in [2.24, 2.45) is 0 Å². The van der Waals surface area contributed by atoms with E-state index < -0.39 is 23.4 Å². The average Bonchev–Trinajstić information content (AvgIpc) is 2.93. The molecule has 0 bridgehead atoms. The predicted molar refractivity (Wildman–Crippen MR) is 105 cm³/mol. The zero-order valence-corrected chi connectivity index (χ0v) is 16.0. The topological polar surface area (TPSA) is 87.7 Å². The number of thioether (sulfide) groups is 1. The number of anilines is 1. The van der Waals surface area contributed by atoms with E-state index in [-0.39, 0.29) is 6.54 Å². The fraction of sp³-hybridized carbons (Fsp3) is 0.250. The summed E-state index contributed by atoms with van der Waals surface area (Å²) in [4.78, 5) is 40.1. The third-order valence-electron chi connectivity index (χ3n) is 4.91. The van der Waals surface area contributed by atoms with Crippen LogP contribution in [0.15, 0.2) is 53.4 Å². The molecular formula is C20H19N3O4S. The van der Waals surface area contributed by atoms with Crippen LogP contribution in [0.25, 0.3) is 0 Å². The van der Waals surface area contributed by atoms with Crippen molar-refractivity contribution in [3.05, 3.63) is 54.1 Å². The summed E-state index contributed by atoms with van der Waals surface area (Å²) >= 11 is 1.56. The summed E-state index contributed by atoms with van der Waals surface area (Å²) in [6, 6.07) is 13.9. The molecule has 0 aromatic heterocycles. The van der Waals surface area contributed by atoms with Crippen molar-refractivity contribution in [1.82, 2.24) is 10.2 Å². The van der Waals surface area contributed by atoms with E-state index in [0.717, 1.165) is 9.80 Å². The second-order valence-corrected chi connectivity index (χ2v) is 7.48. The van der Waals surface area contributed by atoms with E-state index in [1.807, 2.05) is 30.5 Å². The number of urea groups is 1. The van der Waals surface area contributed by atoms with Crippen LogP contribution in [0, 0.1) is 0 Å². The molecule has 2 aliphatic heterocycles. The Morgan fingerprint density at radius 1 is 1.25 bits per heavy atom. The molecule has 4 amide bonds. The lowest BCUT2D eigenvalue weighted by Gasteiger charge is -2.33. The van der Waals surface area contributed by atoms with Crippen molar-refractivity contribution in [2.45, 2.75) is 16.9 Å². The standard InChI is InChI=1S/C20H19N3O4S/c1-28-14-6-4-5-13(11-14)21-17(24)12-23-18(25)20(22-19(23)26)9-10-27-16-8-3-2-7-15(16)20/h2-8,11H,9-10,12H2,1H3,(H,21,24)(H,22,26)/t20-/m1/s1. The van der Waals surface area contributed by atoms with Gasteiger partial charge >= 0.3 is 6.03 Å². The first-order valence-electron chi connectivity index (χ1n) is 8.84. The largest absolute Gasteiger partial charge is 0.493 e. The minimum Gasteiger partial charge on any atom is -0.493 e. The van der Waals surface area contributed by atoms with E-state index in [1.165, 1.54) is 0 Å². The summed E-state index contributed by atoms with van der Waals surface area (Å²) < 4.78 is 5.61. The molecular weight excluding hydrogens is 378 g/mol. The molecule has 0 radical (unpaired) electrons. The Balaban J connectivity index is 1.53. The number of hydrogen-bond donors (Lipinski definition) is 2. The molecule has 0 aliphatic carbocycles. The quantitative estimate of drug-likeness (QED) is 0.612. The molecule has 28 heavy (non-hydrogen) atoms. The van der Waals surface area contributed by atoms with Gasteiger partial charge in [0.1, 0.15) is 12.3 Å². The van der Waals surface area contributed by atoms with Gasteiger partial charge < -0.3 is 15.4 Å². The summed E-state index contributed by atoms with van der Waals surface area (Å²) in [5.74, 6) is -0.289. The zero-order valence-electron chi connectivity index (χ0n) is 15.2. The maximum absolute atomic E-state index is 13.1. The Morgan fingerprint density at radius 3 is 2.89 bits per heavy atom. The van der Waals surface area contributed by atoms with E-state index in [4.69, 9.17) is 4.74 Å². The zero-order chi connectivity index (χ0) is 19.7. The van der Waals surface area contributed by atoms with Crippen molar-refractivity contribution >= 4 is 35.3 Å². The molecule has 2 heterocycles. The summed E-state index contributed by atoms with van der Waals surface area (Å²) in [5, 5.41) is 5.53. The van der Waals surface area contributed by atoms with Crippen LogP contribution in [0.2, 0.25) is 0 Å². The number of fused-ring (bicyclic) bond motifs is 2. The van der Waals surface area contributed by atoms with Crippen molar-refractivity contribution < 1.29 is 19.1 Å². The second kappa shape index (κ2) is 7.20. The molecule has 2 aliphatic rings. The van der Waals surface area contributed by atoms with E-state index >= 15 is 0 Å². The van der Waals surface area contributed by atoms with Gasteiger partial charge in [-0.1, -0.05) is 24.3 Å². The number of rotatable bonds is 4. The highest BCUT2D eigenvalue weighted by Gasteiger charge is 2.55. The van der Waals surface area contributed by atoms with Gasteiger partial charge in [0, 0.05) is 22.6 Å². The van der Waals surface area contributed by atoms with Crippen LogP contribution in [-0.4, -0.2) is 42.2 Å². The molecule has 1 saturated heterocycles. The number of benzene rings is 2. The van der Waals surface area contributed by atoms with Gasteiger partial charge in [0.05, 0.1) is 6.61 Å². The smallest absolute Gasteiger partial charge is 0.325 e. The summed E-state index contributed by atoms with van der Waals surface area (Å²) in [5.41, 5.74) is 0.0653. The highest BCUT2D eigenvalue weighted by Crippen LogP contribution is 2.40. The van der Waals surface area contributed by atoms with Crippen LogP contribution < -0.4 is 15.4 Å². The van der Waals surface area contributed by atoms with E-state index in [1.54, 1.807) is 36.0 Å². The van der Waals surface area contributed by atoms with Crippen molar-refractivity contribution in [1.29, 1.82) is 0 Å². The molecule has 0 saturated carbocycles. The van der Waals surface area contributed by atoms with E-state index in [0.29, 0.717) is 30.0 Å². The summed E-state index contributed by atoms with van der Waals surface area (Å²) in [6.45, 7) is -0.0382. The van der Waals surface area contributed by atoms with Crippen LogP contribution in [0.1, 0.15) is 12.0 Å². The molecule has 4 rings (SSSR count). The molecule has 144 valence electrons. The Hall–Kier alpha value is -3.00. The fourth-order valence-corrected chi connectivity index (χ4v) is 4.02. The molecule has 8 heteroatoms. The molecule has 1 atom stereocenters. The van der Waals surface area contributed by atoms with Gasteiger partial charge in [-0.05, 0) is 30.5 Å². The van der Waals surface area contributed by atoms with Gasteiger partial charge in [-0.25, -0.2) is 4.79 Å². The number of imide groups is 1. The van der Waals surface area contributed by atoms with Crippen molar-refractivity contribution in [2.75, 3.05) is 24.7 Å². The maximum atomic E-state index is 13.1. The highest BCUT2D eigenvalue weighted by molar-refractivity contribution is 7.98. The van der Waals surface area contributed by atoms with Gasteiger partial charge in [0.25, 0.3) is 5.91 Å². The Labute approximate surface area is 166 Å². The minimum absolute atomic E-state index is 0.310. The lowest BCUT2D eigenvalue weighted by molar-refractivity contribution is -0.135. The lowest BCUT2D eigenvalue weighted by Crippen LogP contribution is -2.48. The average molecular weight is 397 g/mol. The first-order chi connectivity index (χ1) is 13.5. The number of carbonyl (C=O) groups excluding carboxylic acids is 3. The molecule has 0 unspecified atom stereocenters. The number of para-hydroxylation sites is 1. The summed E-state index contributed by atoms with van der Waals surface area (Å²) in [6.07, 6.45) is 2.27. The molecule has 2 N–H and O–H groups in total. The molecule has 2 aromatic rings. The van der Waals surface area contributed by atoms with Crippen molar-refractivity contribution in [3.8, 4) is 5.75 Å². The molecule has 2 aromatic carbocycles. The normalized spacial score (nSPS) is 20.5. The molecule has 1 spiro atoms. The van der Waals surface area contributed by atoms with Crippen LogP contribution in [0.4, 0.5) is 10.5 Å². The monoisotopic (exact) mass is 397 g/mol. The van der Waals surface area contributed by atoms with Crippen molar-refractivity contribution in [3.63, 3.8) is 0 Å². The Morgan fingerprint density at radius 2 is 2.07 bits per heavy atom. The Kier molecular flexibility index (Phi) is 4.72. The first-order valence-corrected chi connectivity index (χ1v) is 10.1. The fourth-order valence-electron chi connectivity index (χ4n) is 3.56. The Bertz CT molecular complexity index is 964. The van der Waals surface area contributed by atoms with Crippen LogP contribution >= 0.6 is 11.8 Å². The first kappa shape index (κ1) is 18.4. The predicted octanol–water partition coefficient (Wildman–Crippen LogP) is 2.58. The number of amides is 4. The highest BCUT2D eigenvalue weighted by atomic mass is 32.2. The molecule has 7 nitrogen and oxygen atoms in total. The van der Waals surface area contributed by atoms with Crippen LogP contribution in [-0.2, 0) is 15.1 Å². The van der Waals surface area contributed by atoms with Crippen LogP contribution in [0.3, 0.4) is 0 Å². The van der Waals surface area contributed by atoms with Gasteiger partial charge in [0.2, 0.25) is 5.91 Å². The SMILES string of the molecule is CSc1cccc(NC(=O)CN2C(=O)N[C@@]3(CCOc4ccccc43)C2=O)c1. The minimum atomic E-state index is -1.18. The number of hydrogen-bond acceptors (Lipinski definition) is 5. The van der Waals surface area contributed by atoms with Crippen LogP contribution in [0.5, 0.6) is 5.75 Å². The van der Waals surface area contributed by atoms with Gasteiger partial charge in [0.15, 0.2) is 5.54 Å². The maximum Gasteiger partial charge on any atom is 0.325 e. The second-order valence-electron chi connectivity index (χ2n) is 6.60. The van der Waals surface area contributed by atoms with Gasteiger partial charge in [-0.2, -0.15) is 0 Å². The number of nitrogens with one attached hydrogen (secondary N) is 2. The van der Waals surface area contributed by atoms with Gasteiger partial charge in [-0.15, -0.1) is 11.8 Å². The number of carbonyl (C=O) groups is 3. The third kappa shape index (κ3) is 3.09. The van der Waals surface area contributed by atoms with E-state index in [9.17, 15) is 14.4 Å². The number of nitrogens with zero attached hydrogens (tertiary/aromatic N) is 1. The summed E-state index contributed by atoms with van der Waals surface area (Å²) in [7, 11) is 0. The number of ether oxygens (including phenoxy) is 1. The van der Waals surface area contributed by atoms with Gasteiger partial charge in [-0.3, -0.25) is 14.5 Å².